The van der Waals surface area contributed by atoms with E-state index in [2.05, 4.69) is 15.5 Å². The van der Waals surface area contributed by atoms with Gasteiger partial charge in [-0.3, -0.25) is 4.90 Å². The molecule has 0 aromatic heterocycles. The van der Waals surface area contributed by atoms with E-state index in [4.69, 9.17) is 4.74 Å². The van der Waals surface area contributed by atoms with Crippen molar-refractivity contribution in [2.24, 2.45) is 0 Å². The molecule has 0 radical (unpaired) electrons. The summed E-state index contributed by atoms with van der Waals surface area (Å²) in [5.74, 6) is -0.264. The quantitative estimate of drug-likeness (QED) is 0.863. The van der Waals surface area contributed by atoms with Crippen LogP contribution in [-0.4, -0.2) is 43.8 Å². The minimum Gasteiger partial charge on any atom is -0.379 e. The summed E-state index contributed by atoms with van der Waals surface area (Å²) in [7, 11) is 0. The van der Waals surface area contributed by atoms with E-state index in [1.54, 1.807) is 12.1 Å². The van der Waals surface area contributed by atoms with Gasteiger partial charge in [0, 0.05) is 25.3 Å². The first-order valence-electron chi connectivity index (χ1n) is 8.80. The Morgan fingerprint density at radius 1 is 1.12 bits per heavy atom. The van der Waals surface area contributed by atoms with E-state index in [-0.39, 0.29) is 17.9 Å². The minimum atomic E-state index is -0.264. The number of morpholine rings is 1. The highest BCUT2D eigenvalue weighted by molar-refractivity contribution is 5.89. The Labute approximate surface area is 153 Å². The summed E-state index contributed by atoms with van der Waals surface area (Å²) >= 11 is 0. The average molecular weight is 357 g/mol. The van der Waals surface area contributed by atoms with Crippen LogP contribution in [0.15, 0.2) is 48.5 Å². The van der Waals surface area contributed by atoms with Crippen molar-refractivity contribution >= 4 is 11.7 Å². The maximum absolute atomic E-state index is 13.3. The lowest BCUT2D eigenvalue weighted by Gasteiger charge is -2.35. The van der Waals surface area contributed by atoms with Gasteiger partial charge >= 0.3 is 6.03 Å². The van der Waals surface area contributed by atoms with Crippen molar-refractivity contribution in [3.8, 4) is 0 Å². The number of benzene rings is 2. The number of hydrogen-bond donors (Lipinski definition) is 2. The molecular weight excluding hydrogens is 333 g/mol. The molecule has 2 N–H and O–H groups in total. The maximum Gasteiger partial charge on any atom is 0.319 e. The monoisotopic (exact) mass is 357 g/mol. The Bertz CT molecular complexity index is 713. The summed E-state index contributed by atoms with van der Waals surface area (Å²) in [6.45, 7) is 5.32. The van der Waals surface area contributed by atoms with Crippen LogP contribution in [0.5, 0.6) is 0 Å². The van der Waals surface area contributed by atoms with Crippen molar-refractivity contribution in [2.75, 3.05) is 38.2 Å². The lowest BCUT2D eigenvalue weighted by atomic mass is 10.0. The first-order chi connectivity index (χ1) is 12.6. The van der Waals surface area contributed by atoms with Gasteiger partial charge in [0.1, 0.15) is 5.82 Å². The second-order valence-corrected chi connectivity index (χ2v) is 6.42. The van der Waals surface area contributed by atoms with Crippen molar-refractivity contribution in [3.05, 3.63) is 65.5 Å². The first kappa shape index (κ1) is 18.4. The van der Waals surface area contributed by atoms with Gasteiger partial charge in [-0.1, -0.05) is 29.8 Å². The number of carbonyl (C=O) groups is 1. The van der Waals surface area contributed by atoms with Gasteiger partial charge in [-0.05, 0) is 36.8 Å². The molecule has 6 heteroatoms. The number of urea groups is 1. The van der Waals surface area contributed by atoms with Gasteiger partial charge in [0.05, 0.1) is 19.3 Å². The predicted octanol–water partition coefficient (Wildman–Crippen LogP) is 3.33. The van der Waals surface area contributed by atoms with Crippen LogP contribution in [0.1, 0.15) is 17.2 Å². The number of ether oxygens (including phenoxy) is 1. The van der Waals surface area contributed by atoms with Gasteiger partial charge in [0.2, 0.25) is 0 Å². The molecule has 1 unspecified atom stereocenters. The Hall–Kier alpha value is -2.44. The molecule has 26 heavy (non-hydrogen) atoms. The number of halogens is 1. The Kier molecular flexibility index (Phi) is 6.20. The van der Waals surface area contributed by atoms with Crippen molar-refractivity contribution < 1.29 is 13.9 Å². The van der Waals surface area contributed by atoms with Gasteiger partial charge in [-0.2, -0.15) is 0 Å². The SMILES string of the molecule is Cc1ccc(NC(=O)NCC(c2ccc(F)cc2)N2CCOCC2)cc1. The third-order valence-corrected chi connectivity index (χ3v) is 4.51. The third kappa shape index (κ3) is 5.03. The Morgan fingerprint density at radius 2 is 1.77 bits per heavy atom. The van der Waals surface area contributed by atoms with Crippen LogP contribution in [0.4, 0.5) is 14.9 Å². The number of amides is 2. The zero-order valence-electron chi connectivity index (χ0n) is 14.9. The van der Waals surface area contributed by atoms with Gasteiger partial charge in [0.25, 0.3) is 0 Å². The lowest BCUT2D eigenvalue weighted by Crippen LogP contribution is -2.44. The average Bonchev–Trinajstić information content (AvgIpc) is 2.66. The van der Waals surface area contributed by atoms with Crippen LogP contribution >= 0.6 is 0 Å². The molecule has 1 aliphatic rings. The van der Waals surface area contributed by atoms with E-state index in [1.807, 2.05) is 31.2 Å². The van der Waals surface area contributed by atoms with Gasteiger partial charge < -0.3 is 15.4 Å². The second kappa shape index (κ2) is 8.78. The van der Waals surface area contributed by atoms with Crippen LogP contribution in [-0.2, 0) is 4.74 Å². The van der Waals surface area contributed by atoms with E-state index in [1.165, 1.54) is 12.1 Å². The molecule has 0 spiro atoms. The summed E-state index contributed by atoms with van der Waals surface area (Å²) in [6, 6.07) is 13.8. The molecule has 1 heterocycles. The van der Waals surface area contributed by atoms with Gasteiger partial charge in [-0.15, -0.1) is 0 Å². The molecule has 0 saturated carbocycles. The van der Waals surface area contributed by atoms with Crippen molar-refractivity contribution in [3.63, 3.8) is 0 Å². The highest BCUT2D eigenvalue weighted by atomic mass is 19.1. The fraction of sp³-hybridized carbons (Fsp3) is 0.350. The summed E-state index contributed by atoms with van der Waals surface area (Å²) in [6.07, 6.45) is 0. The topological polar surface area (TPSA) is 53.6 Å². The molecular formula is C20H24FN3O2. The fourth-order valence-corrected chi connectivity index (χ4v) is 3.03. The predicted molar refractivity (Wildman–Crippen MR) is 99.7 cm³/mol. The van der Waals surface area contributed by atoms with E-state index in [0.717, 1.165) is 29.9 Å². The van der Waals surface area contributed by atoms with Gasteiger partial charge in [0.15, 0.2) is 0 Å². The molecule has 2 amide bonds. The summed E-state index contributed by atoms with van der Waals surface area (Å²) < 4.78 is 18.7. The lowest BCUT2D eigenvalue weighted by molar-refractivity contribution is 0.0167. The number of nitrogens with one attached hydrogen (secondary N) is 2. The maximum atomic E-state index is 13.3. The molecule has 1 saturated heterocycles. The highest BCUT2D eigenvalue weighted by Gasteiger charge is 2.23. The van der Waals surface area contributed by atoms with E-state index in [9.17, 15) is 9.18 Å². The van der Waals surface area contributed by atoms with Crippen LogP contribution in [0.25, 0.3) is 0 Å². The number of rotatable bonds is 5. The highest BCUT2D eigenvalue weighted by Crippen LogP contribution is 2.21. The van der Waals surface area contributed by atoms with Crippen molar-refractivity contribution in [1.29, 1.82) is 0 Å². The first-order valence-corrected chi connectivity index (χ1v) is 8.80. The van der Waals surface area contributed by atoms with Crippen LogP contribution < -0.4 is 10.6 Å². The van der Waals surface area contributed by atoms with E-state index >= 15 is 0 Å². The molecule has 138 valence electrons. The molecule has 2 aromatic carbocycles. The number of carbonyl (C=O) groups excluding carboxylic acids is 1. The molecule has 1 fully saturated rings. The molecule has 1 atom stereocenters. The number of nitrogens with zero attached hydrogens (tertiary/aromatic N) is 1. The largest absolute Gasteiger partial charge is 0.379 e. The van der Waals surface area contributed by atoms with E-state index in [0.29, 0.717) is 19.8 Å². The molecule has 3 rings (SSSR count). The fourth-order valence-electron chi connectivity index (χ4n) is 3.03. The summed E-state index contributed by atoms with van der Waals surface area (Å²) in [5, 5.41) is 5.76. The number of hydrogen-bond acceptors (Lipinski definition) is 3. The molecule has 2 aromatic rings. The minimum absolute atomic E-state index is 0.0248. The summed E-state index contributed by atoms with van der Waals surface area (Å²) in [5.41, 5.74) is 2.86. The Balaban J connectivity index is 1.64. The smallest absolute Gasteiger partial charge is 0.319 e. The van der Waals surface area contributed by atoms with Crippen LogP contribution in [0.2, 0.25) is 0 Å². The normalized spacial score (nSPS) is 16.1. The second-order valence-electron chi connectivity index (χ2n) is 6.42. The van der Waals surface area contributed by atoms with Crippen molar-refractivity contribution in [1.82, 2.24) is 10.2 Å². The molecule has 1 aliphatic heterocycles. The van der Waals surface area contributed by atoms with Crippen LogP contribution in [0, 0.1) is 12.7 Å². The zero-order chi connectivity index (χ0) is 18.4. The molecule has 5 nitrogen and oxygen atoms in total. The van der Waals surface area contributed by atoms with Crippen LogP contribution in [0.3, 0.4) is 0 Å². The van der Waals surface area contributed by atoms with E-state index < -0.39 is 0 Å². The molecule has 0 aliphatic carbocycles. The van der Waals surface area contributed by atoms with Crippen molar-refractivity contribution in [2.45, 2.75) is 13.0 Å². The summed E-state index contributed by atoms with van der Waals surface area (Å²) in [4.78, 5) is 14.5. The Morgan fingerprint density at radius 3 is 2.42 bits per heavy atom. The third-order valence-electron chi connectivity index (χ3n) is 4.51. The van der Waals surface area contributed by atoms with Gasteiger partial charge in [-0.25, -0.2) is 9.18 Å². The standard InChI is InChI=1S/C20H24FN3O2/c1-15-2-8-18(9-3-15)23-20(25)22-14-19(24-10-12-26-13-11-24)16-4-6-17(21)7-5-16/h2-9,19H,10-14H2,1H3,(H2,22,23,25). The zero-order valence-corrected chi connectivity index (χ0v) is 14.9. The number of anilines is 1. The number of aryl methyl sites for hydroxylation is 1. The molecule has 0 bridgehead atoms.